The molecular weight excluding hydrogens is 426 g/mol. The molecule has 1 aromatic carbocycles. The van der Waals surface area contributed by atoms with Crippen LogP contribution in [0.4, 0.5) is 0 Å². The van der Waals surface area contributed by atoms with E-state index in [1.807, 2.05) is 0 Å². The maximum Gasteiger partial charge on any atom is 0.353 e. The Morgan fingerprint density at radius 1 is 1.35 bits per heavy atom. The molecule has 4 N–H and O–H groups in total. The first-order chi connectivity index (χ1) is 14.8. The van der Waals surface area contributed by atoms with Crippen LogP contribution in [0.2, 0.25) is 0 Å². The molecule has 1 saturated heterocycles. The number of nitriles is 1. The second-order valence-corrected chi connectivity index (χ2v) is 7.62. The van der Waals surface area contributed by atoms with Gasteiger partial charge in [0.05, 0.1) is 12.3 Å². The third-order valence-corrected chi connectivity index (χ3v) is 5.81. The van der Waals surface area contributed by atoms with E-state index in [1.165, 1.54) is 11.8 Å². The molecule has 2 heterocycles. The molecule has 1 fully saturated rings. The standard InChI is InChI=1S/C19H17N5O6S/c20-7-6-12(25)23-21-8-11-9-31-18-13(17(28)24(18)14(11)19(29)30)22-16(27)15(26)10-4-2-1-3-5-10/h1-5,8,13,15,18,26H,6,9H2,(H,22,27)(H,23,25)(H,29,30)/b21-8+/t13?,15?,18-/m1/s1. The summed E-state index contributed by atoms with van der Waals surface area (Å²) in [7, 11) is 0. The number of carboxylic acid groups (broad SMARTS) is 1. The number of benzene rings is 1. The van der Waals surface area contributed by atoms with Gasteiger partial charge in [-0.15, -0.1) is 11.8 Å². The van der Waals surface area contributed by atoms with Crippen molar-refractivity contribution in [2.75, 3.05) is 5.75 Å². The van der Waals surface area contributed by atoms with Gasteiger partial charge in [-0.05, 0) is 5.56 Å². The number of nitrogens with zero attached hydrogens (tertiary/aromatic N) is 3. The number of aliphatic hydroxyl groups is 1. The van der Waals surface area contributed by atoms with Gasteiger partial charge in [0.15, 0.2) is 6.10 Å². The van der Waals surface area contributed by atoms with Crippen LogP contribution in [0.3, 0.4) is 0 Å². The van der Waals surface area contributed by atoms with Crippen molar-refractivity contribution < 1.29 is 29.4 Å². The number of rotatable bonds is 7. The second kappa shape index (κ2) is 9.41. The van der Waals surface area contributed by atoms with Gasteiger partial charge in [-0.3, -0.25) is 19.3 Å². The molecule has 3 amide bonds. The summed E-state index contributed by atoms with van der Waals surface area (Å²) in [5.74, 6) is -3.27. The molecule has 0 saturated carbocycles. The average molecular weight is 443 g/mol. The molecule has 0 bridgehead atoms. The van der Waals surface area contributed by atoms with Crippen molar-refractivity contribution in [3.63, 3.8) is 0 Å². The van der Waals surface area contributed by atoms with Gasteiger partial charge >= 0.3 is 5.97 Å². The van der Waals surface area contributed by atoms with Gasteiger partial charge in [0.25, 0.3) is 17.7 Å². The number of amides is 3. The highest BCUT2D eigenvalue weighted by Crippen LogP contribution is 2.40. The summed E-state index contributed by atoms with van der Waals surface area (Å²) >= 11 is 1.20. The predicted molar refractivity (Wildman–Crippen MR) is 108 cm³/mol. The molecule has 0 aromatic heterocycles. The molecule has 3 atom stereocenters. The van der Waals surface area contributed by atoms with Crippen LogP contribution in [0.15, 0.2) is 46.7 Å². The number of aliphatic carboxylic acids is 1. The van der Waals surface area contributed by atoms with E-state index in [1.54, 1.807) is 36.4 Å². The predicted octanol–water partition coefficient (Wildman–Crippen LogP) is -0.526. The van der Waals surface area contributed by atoms with E-state index in [0.29, 0.717) is 5.56 Å². The molecule has 12 heteroatoms. The van der Waals surface area contributed by atoms with Crippen molar-refractivity contribution >= 4 is 41.7 Å². The van der Waals surface area contributed by atoms with Gasteiger partial charge in [0, 0.05) is 11.3 Å². The number of carbonyl (C=O) groups is 4. The number of hydrogen-bond acceptors (Lipinski definition) is 8. The molecule has 0 radical (unpaired) electrons. The third kappa shape index (κ3) is 4.57. The number of carboxylic acids is 1. The number of hydrazone groups is 1. The fourth-order valence-electron chi connectivity index (χ4n) is 3.05. The van der Waals surface area contributed by atoms with Crippen molar-refractivity contribution in [1.82, 2.24) is 15.6 Å². The minimum Gasteiger partial charge on any atom is -0.477 e. The fraction of sp³-hybridized carbons (Fsp3) is 0.263. The Bertz CT molecular complexity index is 1020. The Kier molecular flexibility index (Phi) is 6.68. The van der Waals surface area contributed by atoms with E-state index in [4.69, 9.17) is 5.26 Å². The molecule has 3 rings (SSSR count). The van der Waals surface area contributed by atoms with Crippen LogP contribution in [0, 0.1) is 11.3 Å². The molecule has 160 valence electrons. The van der Waals surface area contributed by atoms with Gasteiger partial charge in [-0.1, -0.05) is 30.3 Å². The SMILES string of the molecule is N#CCC(=O)N/N=C/C1=C(C(=O)O)N2C(=O)C(NC(=O)C(O)c3ccccc3)[C@H]2SC1. The third-order valence-electron chi connectivity index (χ3n) is 4.51. The lowest BCUT2D eigenvalue weighted by atomic mass is 10.0. The van der Waals surface area contributed by atoms with Crippen molar-refractivity contribution in [3.05, 3.63) is 47.2 Å². The number of carbonyl (C=O) groups excluding carboxylic acids is 3. The summed E-state index contributed by atoms with van der Waals surface area (Å²) < 4.78 is 0. The van der Waals surface area contributed by atoms with Gasteiger partial charge in [-0.25, -0.2) is 10.2 Å². The first kappa shape index (κ1) is 22.0. The number of hydrogen-bond donors (Lipinski definition) is 4. The van der Waals surface area contributed by atoms with Crippen LogP contribution in [0.25, 0.3) is 0 Å². The minimum absolute atomic E-state index is 0.154. The molecular formula is C19H17N5O6S. The lowest BCUT2D eigenvalue weighted by Crippen LogP contribution is -2.70. The van der Waals surface area contributed by atoms with Crippen molar-refractivity contribution in [1.29, 1.82) is 5.26 Å². The quantitative estimate of drug-likeness (QED) is 0.247. The highest BCUT2D eigenvalue weighted by Gasteiger charge is 2.54. The van der Waals surface area contributed by atoms with Crippen molar-refractivity contribution in [2.24, 2.45) is 5.10 Å². The molecule has 0 spiro atoms. The number of aliphatic hydroxyl groups excluding tert-OH is 1. The van der Waals surface area contributed by atoms with Gasteiger partial charge in [0.2, 0.25) is 0 Å². The van der Waals surface area contributed by atoms with Crippen LogP contribution >= 0.6 is 11.8 Å². The zero-order valence-electron chi connectivity index (χ0n) is 15.9. The Morgan fingerprint density at radius 3 is 2.71 bits per heavy atom. The number of fused-ring (bicyclic) bond motifs is 1. The largest absolute Gasteiger partial charge is 0.477 e. The summed E-state index contributed by atoms with van der Waals surface area (Å²) in [6.45, 7) is 0. The van der Waals surface area contributed by atoms with Crippen LogP contribution in [0.5, 0.6) is 0 Å². The normalized spacial score (nSPS) is 21.0. The number of β-lactam (4-membered cyclic amide) rings is 1. The molecule has 0 aliphatic carbocycles. The maximum absolute atomic E-state index is 12.6. The van der Waals surface area contributed by atoms with E-state index >= 15 is 0 Å². The maximum atomic E-state index is 12.6. The van der Waals surface area contributed by atoms with Gasteiger partial charge in [0.1, 0.15) is 23.5 Å². The highest BCUT2D eigenvalue weighted by molar-refractivity contribution is 8.00. The van der Waals surface area contributed by atoms with Gasteiger partial charge in [-0.2, -0.15) is 10.4 Å². The number of nitrogens with one attached hydrogen (secondary N) is 2. The van der Waals surface area contributed by atoms with E-state index < -0.39 is 47.6 Å². The number of thioether (sulfide) groups is 1. The first-order valence-corrected chi connectivity index (χ1v) is 10.0. The Labute approximate surface area is 180 Å². The molecule has 2 unspecified atom stereocenters. The van der Waals surface area contributed by atoms with E-state index in [2.05, 4.69) is 15.8 Å². The molecule has 2 aliphatic heterocycles. The van der Waals surface area contributed by atoms with Crippen LogP contribution < -0.4 is 10.7 Å². The highest BCUT2D eigenvalue weighted by atomic mass is 32.2. The smallest absolute Gasteiger partial charge is 0.353 e. The first-order valence-electron chi connectivity index (χ1n) is 8.98. The molecule has 2 aliphatic rings. The van der Waals surface area contributed by atoms with E-state index in [-0.39, 0.29) is 17.0 Å². The second-order valence-electron chi connectivity index (χ2n) is 6.52. The Morgan fingerprint density at radius 2 is 2.06 bits per heavy atom. The van der Waals surface area contributed by atoms with Crippen LogP contribution in [0.1, 0.15) is 18.1 Å². The minimum atomic E-state index is -1.47. The van der Waals surface area contributed by atoms with Crippen LogP contribution in [-0.4, -0.2) is 62.2 Å². The van der Waals surface area contributed by atoms with E-state index in [9.17, 15) is 29.4 Å². The van der Waals surface area contributed by atoms with Crippen molar-refractivity contribution in [2.45, 2.75) is 23.9 Å². The van der Waals surface area contributed by atoms with Gasteiger partial charge < -0.3 is 15.5 Å². The van der Waals surface area contributed by atoms with Crippen molar-refractivity contribution in [3.8, 4) is 6.07 Å². The molecule has 1 aromatic rings. The Hall–Kier alpha value is -3.69. The summed E-state index contributed by atoms with van der Waals surface area (Å²) in [5.41, 5.74) is 2.34. The van der Waals surface area contributed by atoms with Crippen LogP contribution in [-0.2, 0) is 19.2 Å². The fourth-order valence-corrected chi connectivity index (χ4v) is 4.35. The summed E-state index contributed by atoms with van der Waals surface area (Å²) in [6.07, 6.45) is -0.758. The molecule has 11 nitrogen and oxygen atoms in total. The Balaban J connectivity index is 1.71. The summed E-state index contributed by atoms with van der Waals surface area (Å²) in [6, 6.07) is 8.86. The zero-order chi connectivity index (χ0) is 22.5. The lowest BCUT2D eigenvalue weighted by molar-refractivity contribution is -0.151. The zero-order valence-corrected chi connectivity index (χ0v) is 16.7. The summed E-state index contributed by atoms with van der Waals surface area (Å²) in [5, 5.41) is 33.6. The average Bonchev–Trinajstić information content (AvgIpc) is 2.76. The van der Waals surface area contributed by atoms with E-state index in [0.717, 1.165) is 11.1 Å². The summed E-state index contributed by atoms with van der Waals surface area (Å²) in [4.78, 5) is 49.0. The lowest BCUT2D eigenvalue weighted by Gasteiger charge is -2.49. The monoisotopic (exact) mass is 443 g/mol. The topological polar surface area (TPSA) is 172 Å². The molecule has 31 heavy (non-hydrogen) atoms.